The average Bonchev–Trinajstić information content (AvgIpc) is 2.64. The average molecular weight is 421 g/mol. The number of ether oxygens (including phenoxy) is 4. The van der Waals surface area contributed by atoms with E-state index in [1.807, 2.05) is 0 Å². The molecule has 2 unspecified atom stereocenters. The maximum atomic E-state index is 6.40. The summed E-state index contributed by atoms with van der Waals surface area (Å²) in [5.41, 5.74) is 0. The normalized spacial score (nSPS) is 14.8. The van der Waals surface area contributed by atoms with Crippen LogP contribution >= 0.6 is 0 Å². The van der Waals surface area contributed by atoms with Gasteiger partial charge in [-0.2, -0.15) is 0 Å². The first-order valence-corrected chi connectivity index (χ1v) is 12.0. The summed E-state index contributed by atoms with van der Waals surface area (Å²) in [4.78, 5) is 0. The molecular weight excluding hydrogens is 368 g/mol. The number of unbranched alkanes of at least 4 members (excludes halogenated alkanes) is 6. The Labute approximate surface area is 181 Å². The van der Waals surface area contributed by atoms with Gasteiger partial charge in [-0.15, -0.1) is 0 Å². The van der Waals surface area contributed by atoms with Gasteiger partial charge >= 0.3 is 5.97 Å². The van der Waals surface area contributed by atoms with Crippen molar-refractivity contribution in [3.63, 3.8) is 0 Å². The molecule has 0 amide bonds. The minimum atomic E-state index is -1.09. The van der Waals surface area contributed by atoms with Crippen LogP contribution in [0.5, 0.6) is 0 Å². The SMILES string of the molecule is CCCCCCOC(OCCCC)(OCC(C)C)C(CCCCC)OC(C)C.O. The minimum absolute atomic E-state index is 0. The Hall–Kier alpha value is -0.200. The molecule has 0 radical (unpaired) electrons. The lowest BCUT2D eigenvalue weighted by Gasteiger charge is -2.40. The fourth-order valence-corrected chi connectivity index (χ4v) is 3.03. The maximum Gasteiger partial charge on any atom is 0.310 e. The molecule has 0 aromatic heterocycles. The zero-order valence-corrected chi connectivity index (χ0v) is 20.6. The van der Waals surface area contributed by atoms with Crippen LogP contribution in [0.25, 0.3) is 0 Å². The molecule has 0 aliphatic rings. The molecule has 0 saturated heterocycles. The van der Waals surface area contributed by atoms with Crippen LogP contribution in [0, 0.1) is 5.92 Å². The molecule has 29 heavy (non-hydrogen) atoms. The second-order valence-electron chi connectivity index (χ2n) is 8.59. The van der Waals surface area contributed by atoms with Gasteiger partial charge in [-0.3, -0.25) is 0 Å². The van der Waals surface area contributed by atoms with Crippen LogP contribution in [0.2, 0.25) is 0 Å². The van der Waals surface area contributed by atoms with E-state index in [-0.39, 0.29) is 17.7 Å². The fourth-order valence-electron chi connectivity index (χ4n) is 3.03. The molecule has 0 bridgehead atoms. The highest BCUT2D eigenvalue weighted by molar-refractivity contribution is 4.75. The highest BCUT2D eigenvalue weighted by atomic mass is 16.9. The second kappa shape index (κ2) is 19.7. The quantitative estimate of drug-likeness (QED) is 0.172. The van der Waals surface area contributed by atoms with Gasteiger partial charge in [0.1, 0.15) is 6.10 Å². The first-order valence-electron chi connectivity index (χ1n) is 12.0. The summed E-state index contributed by atoms with van der Waals surface area (Å²) in [6.45, 7) is 17.0. The zero-order valence-electron chi connectivity index (χ0n) is 20.6. The summed E-state index contributed by atoms with van der Waals surface area (Å²) in [6, 6.07) is 0. The van der Waals surface area contributed by atoms with Crippen molar-refractivity contribution >= 4 is 0 Å². The highest BCUT2D eigenvalue weighted by Gasteiger charge is 2.44. The third-order valence-corrected chi connectivity index (χ3v) is 4.62. The smallest absolute Gasteiger partial charge is 0.310 e. The van der Waals surface area contributed by atoms with Crippen molar-refractivity contribution < 1.29 is 24.4 Å². The van der Waals surface area contributed by atoms with Crippen molar-refractivity contribution in [1.82, 2.24) is 0 Å². The Morgan fingerprint density at radius 3 is 1.72 bits per heavy atom. The van der Waals surface area contributed by atoms with Crippen molar-refractivity contribution in [2.24, 2.45) is 5.92 Å². The van der Waals surface area contributed by atoms with Crippen LogP contribution in [-0.2, 0) is 18.9 Å². The van der Waals surface area contributed by atoms with Crippen LogP contribution in [0.3, 0.4) is 0 Å². The van der Waals surface area contributed by atoms with Gasteiger partial charge < -0.3 is 24.4 Å². The van der Waals surface area contributed by atoms with Crippen LogP contribution < -0.4 is 0 Å². The van der Waals surface area contributed by atoms with Gasteiger partial charge in [-0.05, 0) is 39.0 Å². The van der Waals surface area contributed by atoms with Crippen LogP contribution in [0.15, 0.2) is 0 Å². The van der Waals surface area contributed by atoms with E-state index in [4.69, 9.17) is 18.9 Å². The summed E-state index contributed by atoms with van der Waals surface area (Å²) >= 11 is 0. The minimum Gasteiger partial charge on any atom is -0.412 e. The Morgan fingerprint density at radius 2 is 1.21 bits per heavy atom. The lowest BCUT2D eigenvalue weighted by Crippen LogP contribution is -2.53. The van der Waals surface area contributed by atoms with E-state index >= 15 is 0 Å². The second-order valence-corrected chi connectivity index (χ2v) is 8.59. The highest BCUT2D eigenvalue weighted by Crippen LogP contribution is 2.30. The summed E-state index contributed by atoms with van der Waals surface area (Å²) in [5.74, 6) is -0.683. The third kappa shape index (κ3) is 15.3. The van der Waals surface area contributed by atoms with E-state index in [1.54, 1.807) is 0 Å². The van der Waals surface area contributed by atoms with Gasteiger partial charge in [0.2, 0.25) is 0 Å². The van der Waals surface area contributed by atoms with E-state index < -0.39 is 5.97 Å². The molecule has 0 saturated carbocycles. The molecule has 2 atom stereocenters. The summed E-state index contributed by atoms with van der Waals surface area (Å²) < 4.78 is 25.4. The molecule has 0 aliphatic heterocycles. The molecule has 0 aliphatic carbocycles. The summed E-state index contributed by atoms with van der Waals surface area (Å²) in [5, 5.41) is 0. The lowest BCUT2D eigenvalue weighted by molar-refractivity contribution is -0.423. The monoisotopic (exact) mass is 420 g/mol. The van der Waals surface area contributed by atoms with Crippen LogP contribution in [-0.4, -0.2) is 43.5 Å². The van der Waals surface area contributed by atoms with Crippen LogP contribution in [0.1, 0.15) is 113 Å². The Bertz CT molecular complexity index is 335. The molecule has 178 valence electrons. The van der Waals surface area contributed by atoms with Gasteiger partial charge in [0.25, 0.3) is 0 Å². The predicted octanol–water partition coefficient (Wildman–Crippen LogP) is 6.28. The Morgan fingerprint density at radius 1 is 0.655 bits per heavy atom. The first kappa shape index (κ1) is 31.0. The molecule has 0 heterocycles. The first-order chi connectivity index (χ1) is 13.4. The molecule has 0 fully saturated rings. The Kier molecular flexibility index (Phi) is 21.1. The van der Waals surface area contributed by atoms with Crippen molar-refractivity contribution in [3.05, 3.63) is 0 Å². The maximum absolute atomic E-state index is 6.40. The zero-order chi connectivity index (χ0) is 21.3. The topological polar surface area (TPSA) is 68.4 Å². The third-order valence-electron chi connectivity index (χ3n) is 4.62. The van der Waals surface area contributed by atoms with Crippen molar-refractivity contribution in [2.45, 2.75) is 131 Å². The molecule has 2 N–H and O–H groups in total. The van der Waals surface area contributed by atoms with Gasteiger partial charge in [-0.25, -0.2) is 0 Å². The van der Waals surface area contributed by atoms with Gasteiger partial charge in [-0.1, -0.05) is 79.6 Å². The molecule has 5 nitrogen and oxygen atoms in total. The van der Waals surface area contributed by atoms with Crippen molar-refractivity contribution in [3.8, 4) is 0 Å². The fraction of sp³-hybridized carbons (Fsp3) is 1.00. The predicted molar refractivity (Wildman–Crippen MR) is 122 cm³/mol. The number of hydrogen-bond donors (Lipinski definition) is 0. The standard InChI is InChI=1S/C24H50O4.H2O/c1-8-11-14-16-19-26-24(25-18-13-10-3,27-20-21(4)5)23(28-22(6)7)17-15-12-9-2;/h21-23H,8-20H2,1-7H3;1H2. The summed E-state index contributed by atoms with van der Waals surface area (Å²) in [7, 11) is 0. The number of rotatable bonds is 20. The van der Waals surface area contributed by atoms with Crippen molar-refractivity contribution in [1.29, 1.82) is 0 Å². The van der Waals surface area contributed by atoms with Crippen molar-refractivity contribution in [2.75, 3.05) is 19.8 Å². The molecule has 0 spiro atoms. The van der Waals surface area contributed by atoms with Gasteiger partial charge in [0.15, 0.2) is 0 Å². The van der Waals surface area contributed by atoms with E-state index in [2.05, 4.69) is 48.5 Å². The molecule has 0 aromatic carbocycles. The van der Waals surface area contributed by atoms with E-state index in [0.717, 1.165) is 32.1 Å². The van der Waals surface area contributed by atoms with Crippen LogP contribution in [0.4, 0.5) is 0 Å². The Balaban J connectivity index is 0. The molecule has 5 heteroatoms. The molecular formula is C24H52O5. The van der Waals surface area contributed by atoms with Gasteiger partial charge in [0.05, 0.1) is 25.9 Å². The largest absolute Gasteiger partial charge is 0.412 e. The molecule has 0 aromatic rings. The van der Waals surface area contributed by atoms with E-state index in [1.165, 1.54) is 32.1 Å². The van der Waals surface area contributed by atoms with E-state index in [0.29, 0.717) is 25.7 Å². The van der Waals surface area contributed by atoms with E-state index in [9.17, 15) is 0 Å². The lowest BCUT2D eigenvalue weighted by atomic mass is 10.1. The molecule has 0 rings (SSSR count). The van der Waals surface area contributed by atoms with Gasteiger partial charge in [0, 0.05) is 0 Å². The number of hydrogen-bond acceptors (Lipinski definition) is 4. The summed E-state index contributed by atoms with van der Waals surface area (Å²) in [6.07, 6.45) is 11.0.